The molecule has 0 saturated carbocycles. The first-order chi connectivity index (χ1) is 14.6. The molecule has 3 rings (SSSR count). The molecule has 7 nitrogen and oxygen atoms in total. The summed E-state index contributed by atoms with van der Waals surface area (Å²) >= 11 is 3.38. The average Bonchev–Trinajstić information content (AvgIpc) is 3.19. The van der Waals surface area contributed by atoms with E-state index in [1.807, 2.05) is 0 Å². The van der Waals surface area contributed by atoms with Crippen LogP contribution in [0.2, 0.25) is 0 Å². The van der Waals surface area contributed by atoms with Crippen molar-refractivity contribution < 1.29 is 27.4 Å². The Morgan fingerprint density at radius 1 is 1.26 bits per heavy atom. The number of fused-ring (bicyclic) bond motifs is 1. The number of aromatic nitrogens is 2. The first kappa shape index (κ1) is 23.8. The third-order valence-corrected chi connectivity index (χ3v) is 6.06. The van der Waals surface area contributed by atoms with E-state index in [1.165, 1.54) is 14.2 Å². The Kier molecular flexibility index (Phi) is 6.87. The Labute approximate surface area is 187 Å². The first-order valence-corrected chi connectivity index (χ1v) is 11.0. The standard InChI is InChI=1S/C20H26BrF3N4O3/c1-19(2)16(26-28(18(19)29)10-6-5-9-21)12-7-8-13(31-4)15-14(12)25-17(20(22,23)24)27(15)11-30-3/h7-8,16,26H,5-6,9-11H2,1-4H3. The lowest BCUT2D eigenvalue weighted by Crippen LogP contribution is -2.36. The number of methoxy groups -OCH3 is 2. The molecule has 2 aromatic rings. The molecule has 0 aliphatic carbocycles. The summed E-state index contributed by atoms with van der Waals surface area (Å²) in [4.78, 5) is 16.9. The van der Waals surface area contributed by atoms with E-state index in [4.69, 9.17) is 9.47 Å². The molecule has 0 radical (unpaired) electrons. The van der Waals surface area contributed by atoms with Gasteiger partial charge < -0.3 is 9.47 Å². The number of hydrazine groups is 1. The lowest BCUT2D eigenvalue weighted by Gasteiger charge is -2.23. The van der Waals surface area contributed by atoms with Crippen molar-refractivity contribution in [2.75, 3.05) is 26.1 Å². The van der Waals surface area contributed by atoms with Crippen molar-refractivity contribution in [3.8, 4) is 5.75 Å². The number of nitrogens with one attached hydrogen (secondary N) is 1. The van der Waals surface area contributed by atoms with Gasteiger partial charge in [-0.2, -0.15) is 13.2 Å². The largest absolute Gasteiger partial charge is 0.494 e. The Balaban J connectivity index is 2.15. The fraction of sp³-hybridized carbons (Fsp3) is 0.600. The van der Waals surface area contributed by atoms with Crippen LogP contribution in [0.1, 0.15) is 44.1 Å². The van der Waals surface area contributed by atoms with Crippen LogP contribution in [-0.2, 0) is 22.4 Å². The summed E-state index contributed by atoms with van der Waals surface area (Å²) in [7, 11) is 2.70. The van der Waals surface area contributed by atoms with Crippen molar-refractivity contribution in [1.82, 2.24) is 20.0 Å². The first-order valence-electron chi connectivity index (χ1n) is 9.85. The molecule has 1 aliphatic rings. The van der Waals surface area contributed by atoms with Gasteiger partial charge in [0.05, 0.1) is 24.1 Å². The number of amides is 1. The maximum atomic E-state index is 13.7. The van der Waals surface area contributed by atoms with E-state index in [-0.39, 0.29) is 29.4 Å². The summed E-state index contributed by atoms with van der Waals surface area (Å²) in [6.45, 7) is 3.73. The molecule has 31 heavy (non-hydrogen) atoms. The van der Waals surface area contributed by atoms with Crippen LogP contribution in [0, 0.1) is 5.41 Å². The molecule has 1 saturated heterocycles. The van der Waals surface area contributed by atoms with Gasteiger partial charge in [-0.1, -0.05) is 22.0 Å². The van der Waals surface area contributed by atoms with Crippen LogP contribution in [0.4, 0.5) is 13.2 Å². The number of rotatable bonds is 8. The van der Waals surface area contributed by atoms with E-state index in [0.29, 0.717) is 12.1 Å². The molecular formula is C20H26BrF3N4O3. The quantitative estimate of drug-likeness (QED) is 0.428. The van der Waals surface area contributed by atoms with E-state index in [2.05, 4.69) is 26.3 Å². The second-order valence-corrected chi connectivity index (χ2v) is 8.76. The predicted molar refractivity (Wildman–Crippen MR) is 113 cm³/mol. The number of alkyl halides is 4. The number of carbonyl (C=O) groups is 1. The maximum Gasteiger partial charge on any atom is 0.449 e. The number of hydrogen-bond donors (Lipinski definition) is 1. The number of hydrogen-bond acceptors (Lipinski definition) is 5. The monoisotopic (exact) mass is 506 g/mol. The molecule has 1 amide bonds. The smallest absolute Gasteiger partial charge is 0.449 e. The van der Waals surface area contributed by atoms with Crippen molar-refractivity contribution in [1.29, 1.82) is 0 Å². The highest BCUT2D eigenvalue weighted by Crippen LogP contribution is 2.45. The van der Waals surface area contributed by atoms with Gasteiger partial charge in [-0.15, -0.1) is 0 Å². The van der Waals surface area contributed by atoms with Gasteiger partial charge in [0.1, 0.15) is 18.0 Å². The molecular weight excluding hydrogens is 481 g/mol. The molecule has 1 fully saturated rings. The summed E-state index contributed by atoms with van der Waals surface area (Å²) in [5.41, 5.74) is 3.13. The number of nitrogens with zero attached hydrogens (tertiary/aromatic N) is 3. The molecule has 172 valence electrons. The normalized spacial score (nSPS) is 18.9. The van der Waals surface area contributed by atoms with Crippen LogP contribution < -0.4 is 10.2 Å². The van der Waals surface area contributed by atoms with Gasteiger partial charge in [0.25, 0.3) is 0 Å². The van der Waals surface area contributed by atoms with Crippen LogP contribution in [0.15, 0.2) is 12.1 Å². The van der Waals surface area contributed by atoms with E-state index in [9.17, 15) is 18.0 Å². The molecule has 1 N–H and O–H groups in total. The Morgan fingerprint density at radius 2 is 1.97 bits per heavy atom. The topological polar surface area (TPSA) is 68.6 Å². The van der Waals surface area contributed by atoms with Gasteiger partial charge in [0, 0.05) is 24.5 Å². The molecule has 2 heterocycles. The lowest BCUT2D eigenvalue weighted by molar-refractivity contribution is -0.148. The summed E-state index contributed by atoms with van der Waals surface area (Å²) in [6, 6.07) is 2.71. The third kappa shape index (κ3) is 4.27. The van der Waals surface area contributed by atoms with E-state index in [0.717, 1.165) is 22.7 Å². The number of imidazole rings is 1. The Morgan fingerprint density at radius 3 is 2.55 bits per heavy atom. The number of halogens is 4. The molecule has 1 atom stereocenters. The predicted octanol–water partition coefficient (Wildman–Crippen LogP) is 4.26. The zero-order valence-corrected chi connectivity index (χ0v) is 19.4. The highest BCUT2D eigenvalue weighted by atomic mass is 79.9. The van der Waals surface area contributed by atoms with Crippen molar-refractivity contribution >= 4 is 32.9 Å². The second kappa shape index (κ2) is 8.95. The van der Waals surface area contributed by atoms with E-state index < -0.39 is 23.5 Å². The SMILES string of the molecule is COCn1c(C(F)(F)F)nc2c(C3NN(CCCCBr)C(=O)C3(C)C)ccc(OC)c21. The van der Waals surface area contributed by atoms with Gasteiger partial charge in [-0.3, -0.25) is 14.4 Å². The molecule has 1 aliphatic heterocycles. The van der Waals surface area contributed by atoms with E-state index in [1.54, 1.807) is 31.0 Å². The van der Waals surface area contributed by atoms with E-state index >= 15 is 0 Å². The van der Waals surface area contributed by atoms with Crippen LogP contribution >= 0.6 is 15.9 Å². The molecule has 1 aromatic carbocycles. The highest BCUT2D eigenvalue weighted by Gasteiger charge is 2.49. The lowest BCUT2D eigenvalue weighted by atomic mass is 9.81. The minimum Gasteiger partial charge on any atom is -0.494 e. The molecule has 11 heteroatoms. The zero-order chi connectivity index (χ0) is 23.0. The fourth-order valence-electron chi connectivity index (χ4n) is 3.93. The Bertz CT molecular complexity index is 961. The number of ether oxygens (including phenoxy) is 2. The fourth-order valence-corrected chi connectivity index (χ4v) is 4.33. The van der Waals surface area contributed by atoms with Gasteiger partial charge in [-0.05, 0) is 32.8 Å². The van der Waals surface area contributed by atoms with Gasteiger partial charge in [-0.25, -0.2) is 10.4 Å². The van der Waals surface area contributed by atoms with Crippen LogP contribution in [0.25, 0.3) is 11.0 Å². The molecule has 1 unspecified atom stereocenters. The van der Waals surface area contributed by atoms with Gasteiger partial charge in [0.2, 0.25) is 11.7 Å². The minimum atomic E-state index is -4.68. The van der Waals surface area contributed by atoms with Crippen LogP contribution in [-0.4, -0.2) is 46.6 Å². The van der Waals surface area contributed by atoms with Crippen molar-refractivity contribution in [2.24, 2.45) is 5.41 Å². The second-order valence-electron chi connectivity index (χ2n) is 7.97. The van der Waals surface area contributed by atoms with Gasteiger partial charge in [0.15, 0.2) is 0 Å². The Hall–Kier alpha value is -1.85. The van der Waals surface area contributed by atoms with Crippen molar-refractivity contribution in [2.45, 2.75) is 45.6 Å². The summed E-state index contributed by atoms with van der Waals surface area (Å²) in [5, 5.41) is 2.39. The van der Waals surface area contributed by atoms with Crippen molar-refractivity contribution in [3.63, 3.8) is 0 Å². The molecule has 1 aromatic heterocycles. The molecule has 0 spiro atoms. The molecule has 0 bridgehead atoms. The summed E-state index contributed by atoms with van der Waals surface area (Å²) in [6.07, 6.45) is -2.98. The minimum absolute atomic E-state index is 0.108. The summed E-state index contributed by atoms with van der Waals surface area (Å²) < 4.78 is 52.5. The number of benzene rings is 1. The number of unbranched alkanes of at least 4 members (excludes halogenated alkanes) is 1. The zero-order valence-electron chi connectivity index (χ0n) is 17.8. The maximum absolute atomic E-state index is 13.7. The van der Waals surface area contributed by atoms with Gasteiger partial charge >= 0.3 is 6.18 Å². The van der Waals surface area contributed by atoms with Crippen LogP contribution in [0.5, 0.6) is 5.75 Å². The van der Waals surface area contributed by atoms with Crippen molar-refractivity contribution in [3.05, 3.63) is 23.5 Å². The number of carbonyl (C=O) groups excluding carboxylic acids is 1. The third-order valence-electron chi connectivity index (χ3n) is 5.50. The highest BCUT2D eigenvalue weighted by molar-refractivity contribution is 9.09. The summed E-state index contributed by atoms with van der Waals surface area (Å²) in [5.74, 6) is -0.940. The average molecular weight is 507 g/mol. The van der Waals surface area contributed by atoms with Crippen LogP contribution in [0.3, 0.4) is 0 Å².